The number of amides is 1. The first-order valence-corrected chi connectivity index (χ1v) is 11.8. The summed E-state index contributed by atoms with van der Waals surface area (Å²) in [6.07, 6.45) is 1.06. The Morgan fingerprint density at radius 3 is 2.23 bits per heavy atom. The summed E-state index contributed by atoms with van der Waals surface area (Å²) >= 11 is 0. The van der Waals surface area contributed by atoms with Gasteiger partial charge in [-0.3, -0.25) is 4.79 Å². The van der Waals surface area contributed by atoms with E-state index in [-0.39, 0.29) is 17.9 Å². The van der Waals surface area contributed by atoms with Crippen molar-refractivity contribution in [2.45, 2.75) is 30.7 Å². The molecule has 1 aliphatic heterocycles. The van der Waals surface area contributed by atoms with Gasteiger partial charge in [0.25, 0.3) is 0 Å². The van der Waals surface area contributed by atoms with Crippen molar-refractivity contribution in [2.75, 3.05) is 33.7 Å². The molecule has 3 rings (SSSR count). The molecule has 1 N–H and O–H groups in total. The average molecular weight is 430 g/mol. The smallest absolute Gasteiger partial charge is 0.243 e. The lowest BCUT2D eigenvalue weighted by Gasteiger charge is -2.32. The second-order valence-corrected chi connectivity index (χ2v) is 10.2. The SMILES string of the molecule is Cc1ccc(S(=O)(=O)N2CCC(C(=O)NC(CN(C)C)c3ccccc3)CC2)cc1. The van der Waals surface area contributed by atoms with Gasteiger partial charge in [-0.15, -0.1) is 0 Å². The number of hydrogen-bond acceptors (Lipinski definition) is 4. The van der Waals surface area contributed by atoms with Gasteiger partial charge in [-0.1, -0.05) is 48.0 Å². The second kappa shape index (κ2) is 9.73. The maximum absolute atomic E-state index is 12.9. The highest BCUT2D eigenvalue weighted by molar-refractivity contribution is 7.89. The molecule has 1 saturated heterocycles. The van der Waals surface area contributed by atoms with Crippen LogP contribution in [0.25, 0.3) is 0 Å². The topological polar surface area (TPSA) is 69.7 Å². The summed E-state index contributed by atoms with van der Waals surface area (Å²) in [5, 5.41) is 3.18. The molecule has 0 bridgehead atoms. The molecule has 1 amide bonds. The first-order valence-electron chi connectivity index (χ1n) is 10.3. The molecule has 1 aliphatic rings. The molecule has 2 aromatic rings. The van der Waals surface area contributed by atoms with Gasteiger partial charge >= 0.3 is 0 Å². The van der Waals surface area contributed by atoms with E-state index in [1.165, 1.54) is 4.31 Å². The van der Waals surface area contributed by atoms with Crippen LogP contribution < -0.4 is 5.32 Å². The number of hydrogen-bond donors (Lipinski definition) is 1. The molecule has 0 aliphatic carbocycles. The summed E-state index contributed by atoms with van der Waals surface area (Å²) in [7, 11) is 0.450. The van der Waals surface area contributed by atoms with Crippen LogP contribution in [0.15, 0.2) is 59.5 Å². The number of carbonyl (C=O) groups is 1. The molecule has 6 nitrogen and oxygen atoms in total. The number of carbonyl (C=O) groups excluding carboxylic acids is 1. The first-order chi connectivity index (χ1) is 14.3. The number of aryl methyl sites for hydroxylation is 1. The average Bonchev–Trinajstić information content (AvgIpc) is 2.74. The van der Waals surface area contributed by atoms with Gasteiger partial charge in [0.2, 0.25) is 15.9 Å². The number of likely N-dealkylation sites (N-methyl/N-ethyl adjacent to an activating group) is 1. The lowest BCUT2D eigenvalue weighted by atomic mass is 9.96. The zero-order valence-electron chi connectivity index (χ0n) is 17.9. The zero-order chi connectivity index (χ0) is 21.7. The van der Waals surface area contributed by atoms with Gasteiger partial charge in [0.15, 0.2) is 0 Å². The minimum absolute atomic E-state index is 0.00177. The van der Waals surface area contributed by atoms with E-state index in [9.17, 15) is 13.2 Å². The first kappa shape index (κ1) is 22.5. The van der Waals surface area contributed by atoms with Crippen LogP contribution in [0.2, 0.25) is 0 Å². The Labute approximate surface area is 179 Å². The van der Waals surface area contributed by atoms with Crippen LogP contribution in [0.3, 0.4) is 0 Å². The van der Waals surface area contributed by atoms with Crippen LogP contribution in [0.5, 0.6) is 0 Å². The van der Waals surface area contributed by atoms with Crippen molar-refractivity contribution < 1.29 is 13.2 Å². The predicted octanol–water partition coefficient (Wildman–Crippen LogP) is 2.81. The molecule has 0 saturated carbocycles. The molecular formula is C23H31N3O3S. The Hall–Kier alpha value is -2.22. The van der Waals surface area contributed by atoms with Gasteiger partial charge in [-0.2, -0.15) is 4.31 Å². The molecule has 0 spiro atoms. The minimum Gasteiger partial charge on any atom is -0.348 e. The Morgan fingerprint density at radius 1 is 1.07 bits per heavy atom. The van der Waals surface area contributed by atoms with E-state index in [1.807, 2.05) is 63.5 Å². The fourth-order valence-corrected chi connectivity index (χ4v) is 5.26. The molecule has 7 heteroatoms. The Balaban J connectivity index is 1.62. The monoisotopic (exact) mass is 429 g/mol. The van der Waals surface area contributed by atoms with E-state index >= 15 is 0 Å². The van der Waals surface area contributed by atoms with E-state index in [1.54, 1.807) is 12.1 Å². The number of nitrogens with zero attached hydrogens (tertiary/aromatic N) is 2. The Morgan fingerprint density at radius 2 is 1.67 bits per heavy atom. The van der Waals surface area contributed by atoms with Crippen LogP contribution >= 0.6 is 0 Å². The van der Waals surface area contributed by atoms with Crippen molar-refractivity contribution in [1.29, 1.82) is 0 Å². The fraction of sp³-hybridized carbons (Fsp3) is 0.435. The second-order valence-electron chi connectivity index (χ2n) is 8.23. The molecule has 1 fully saturated rings. The summed E-state index contributed by atoms with van der Waals surface area (Å²) in [4.78, 5) is 15.3. The van der Waals surface area contributed by atoms with Crippen molar-refractivity contribution in [3.05, 3.63) is 65.7 Å². The molecular weight excluding hydrogens is 398 g/mol. The number of rotatable bonds is 7. The minimum atomic E-state index is -3.51. The summed E-state index contributed by atoms with van der Waals surface area (Å²) in [5.41, 5.74) is 2.09. The maximum Gasteiger partial charge on any atom is 0.243 e. The quantitative estimate of drug-likeness (QED) is 0.735. The lowest BCUT2D eigenvalue weighted by Crippen LogP contribution is -2.44. The van der Waals surface area contributed by atoms with Crippen molar-refractivity contribution in [3.8, 4) is 0 Å². The number of nitrogens with one attached hydrogen (secondary N) is 1. The van der Waals surface area contributed by atoms with E-state index in [4.69, 9.17) is 0 Å². The largest absolute Gasteiger partial charge is 0.348 e. The highest BCUT2D eigenvalue weighted by Gasteiger charge is 2.32. The summed E-state index contributed by atoms with van der Waals surface area (Å²) < 4.78 is 27.3. The van der Waals surface area contributed by atoms with Crippen molar-refractivity contribution >= 4 is 15.9 Å². The van der Waals surface area contributed by atoms with E-state index in [0.717, 1.165) is 11.1 Å². The van der Waals surface area contributed by atoms with Crippen LogP contribution in [0.4, 0.5) is 0 Å². The van der Waals surface area contributed by atoms with Crippen molar-refractivity contribution in [1.82, 2.24) is 14.5 Å². The fourth-order valence-electron chi connectivity index (χ4n) is 3.79. The Bertz CT molecular complexity index is 935. The van der Waals surface area contributed by atoms with Gasteiger partial charge < -0.3 is 10.2 Å². The van der Waals surface area contributed by atoms with Crippen molar-refractivity contribution in [2.24, 2.45) is 5.92 Å². The van der Waals surface area contributed by atoms with E-state index < -0.39 is 10.0 Å². The van der Waals surface area contributed by atoms with Crippen LogP contribution in [-0.2, 0) is 14.8 Å². The summed E-state index contributed by atoms with van der Waals surface area (Å²) in [6, 6.07) is 16.8. The molecule has 30 heavy (non-hydrogen) atoms. The van der Waals surface area contributed by atoms with Crippen LogP contribution in [0, 0.1) is 12.8 Å². The number of benzene rings is 2. The van der Waals surface area contributed by atoms with Gasteiger partial charge in [0.05, 0.1) is 10.9 Å². The van der Waals surface area contributed by atoms with E-state index in [2.05, 4.69) is 10.2 Å². The van der Waals surface area contributed by atoms with Gasteiger partial charge in [0.1, 0.15) is 0 Å². The molecule has 162 valence electrons. The number of sulfonamides is 1. The normalized spacial score (nSPS) is 17.1. The van der Waals surface area contributed by atoms with Gasteiger partial charge in [-0.25, -0.2) is 8.42 Å². The third-order valence-electron chi connectivity index (χ3n) is 5.55. The van der Waals surface area contributed by atoms with Crippen LogP contribution in [0.1, 0.15) is 30.0 Å². The molecule has 0 radical (unpaired) electrons. The van der Waals surface area contributed by atoms with Crippen molar-refractivity contribution in [3.63, 3.8) is 0 Å². The highest BCUT2D eigenvalue weighted by Crippen LogP contribution is 2.25. The lowest BCUT2D eigenvalue weighted by molar-refractivity contribution is -0.127. The Kier molecular flexibility index (Phi) is 7.28. The molecule has 1 atom stereocenters. The third kappa shape index (κ3) is 5.47. The predicted molar refractivity (Wildman–Crippen MR) is 119 cm³/mol. The van der Waals surface area contributed by atoms with Gasteiger partial charge in [-0.05, 0) is 51.6 Å². The van der Waals surface area contributed by atoms with Crippen LogP contribution in [-0.4, -0.2) is 57.3 Å². The molecule has 1 unspecified atom stereocenters. The summed E-state index contributed by atoms with van der Waals surface area (Å²) in [5.74, 6) is -0.180. The zero-order valence-corrected chi connectivity index (χ0v) is 18.7. The van der Waals surface area contributed by atoms with E-state index in [0.29, 0.717) is 37.4 Å². The molecule has 2 aromatic carbocycles. The highest BCUT2D eigenvalue weighted by atomic mass is 32.2. The maximum atomic E-state index is 12.9. The standard InChI is InChI=1S/C23H31N3O3S/c1-18-9-11-21(12-10-18)30(28,29)26-15-13-20(14-16-26)23(27)24-22(17-25(2)3)19-7-5-4-6-8-19/h4-12,20,22H,13-17H2,1-3H3,(H,24,27). The third-order valence-corrected chi connectivity index (χ3v) is 7.46. The van der Waals surface area contributed by atoms with Gasteiger partial charge in [0, 0.05) is 25.6 Å². The summed E-state index contributed by atoms with van der Waals surface area (Å²) in [6.45, 7) is 3.35. The molecule has 1 heterocycles. The number of piperidine rings is 1. The molecule has 0 aromatic heterocycles.